The molecule has 0 bridgehead atoms. The molecule has 1 rings (SSSR count). The lowest BCUT2D eigenvalue weighted by Gasteiger charge is -2.27. The molecular formula is C15H23NO4. The predicted octanol–water partition coefficient (Wildman–Crippen LogP) is 1.69. The number of hydrogen-bond acceptors (Lipinski definition) is 4. The number of carbonyl (C=O) groups excluding carboxylic acids is 1. The van der Waals surface area contributed by atoms with Crippen LogP contribution in [0.5, 0.6) is 11.5 Å². The van der Waals surface area contributed by atoms with Gasteiger partial charge in [-0.05, 0) is 45.0 Å². The van der Waals surface area contributed by atoms with Gasteiger partial charge in [0.2, 0.25) is 0 Å². The second kappa shape index (κ2) is 6.61. The Morgan fingerprint density at radius 1 is 1.30 bits per heavy atom. The summed E-state index contributed by atoms with van der Waals surface area (Å²) in [5.74, 6) is 1.15. The smallest absolute Gasteiger partial charge is 0.263 e. The zero-order valence-electron chi connectivity index (χ0n) is 12.7. The molecule has 5 heteroatoms. The van der Waals surface area contributed by atoms with Crippen LogP contribution < -0.4 is 9.47 Å². The lowest BCUT2D eigenvalue weighted by molar-refractivity contribution is -0.139. The van der Waals surface area contributed by atoms with E-state index in [1.807, 2.05) is 0 Å². The van der Waals surface area contributed by atoms with Crippen molar-refractivity contribution in [3.8, 4) is 11.5 Å². The number of hydrogen-bond donors (Lipinski definition) is 1. The van der Waals surface area contributed by atoms with Gasteiger partial charge in [-0.25, -0.2) is 0 Å². The van der Waals surface area contributed by atoms with E-state index in [0.29, 0.717) is 5.75 Å². The van der Waals surface area contributed by atoms with Gasteiger partial charge in [0, 0.05) is 13.6 Å². The number of carbonyl (C=O) groups is 1. The Kier molecular flexibility index (Phi) is 5.39. The van der Waals surface area contributed by atoms with E-state index in [9.17, 15) is 9.90 Å². The van der Waals surface area contributed by atoms with E-state index in [0.717, 1.165) is 5.75 Å². The summed E-state index contributed by atoms with van der Waals surface area (Å²) in [6, 6.07) is 7.04. The molecule has 1 amide bonds. The van der Waals surface area contributed by atoms with Crippen molar-refractivity contribution in [3.05, 3.63) is 24.3 Å². The average molecular weight is 281 g/mol. The Hall–Kier alpha value is -1.75. The highest BCUT2D eigenvalue weighted by Gasteiger charge is 2.24. The van der Waals surface area contributed by atoms with Crippen LogP contribution in [0.3, 0.4) is 0 Å². The van der Waals surface area contributed by atoms with Crippen molar-refractivity contribution >= 4 is 5.91 Å². The third kappa shape index (κ3) is 5.09. The highest BCUT2D eigenvalue weighted by atomic mass is 16.5. The maximum Gasteiger partial charge on any atom is 0.263 e. The normalized spacial score (nSPS) is 12.7. The van der Waals surface area contributed by atoms with Crippen molar-refractivity contribution < 1.29 is 19.4 Å². The van der Waals surface area contributed by atoms with Gasteiger partial charge in [0.25, 0.3) is 5.91 Å². The summed E-state index contributed by atoms with van der Waals surface area (Å²) in [4.78, 5) is 13.6. The third-order valence-electron chi connectivity index (χ3n) is 2.72. The number of likely N-dealkylation sites (N-methyl/N-ethyl adjacent to an activating group) is 1. The van der Waals surface area contributed by atoms with E-state index in [4.69, 9.17) is 9.47 Å². The molecule has 0 radical (unpaired) electrons. The first-order valence-corrected chi connectivity index (χ1v) is 6.51. The van der Waals surface area contributed by atoms with Gasteiger partial charge in [-0.3, -0.25) is 4.79 Å². The van der Waals surface area contributed by atoms with Crippen LogP contribution in [0.15, 0.2) is 24.3 Å². The van der Waals surface area contributed by atoms with Crippen LogP contribution in [-0.2, 0) is 4.79 Å². The molecule has 1 atom stereocenters. The Morgan fingerprint density at radius 2 is 1.80 bits per heavy atom. The van der Waals surface area contributed by atoms with Gasteiger partial charge < -0.3 is 19.5 Å². The Labute approximate surface area is 120 Å². The van der Waals surface area contributed by atoms with Crippen molar-refractivity contribution in [3.63, 3.8) is 0 Å². The first-order valence-electron chi connectivity index (χ1n) is 6.51. The van der Waals surface area contributed by atoms with Crippen molar-refractivity contribution in [2.24, 2.45) is 0 Å². The quantitative estimate of drug-likeness (QED) is 0.862. The summed E-state index contributed by atoms with van der Waals surface area (Å²) in [5.41, 5.74) is -0.926. The summed E-state index contributed by atoms with van der Waals surface area (Å²) < 4.78 is 10.6. The predicted molar refractivity (Wildman–Crippen MR) is 77.0 cm³/mol. The van der Waals surface area contributed by atoms with Crippen LogP contribution in [0.4, 0.5) is 0 Å². The topological polar surface area (TPSA) is 59.0 Å². The van der Waals surface area contributed by atoms with Crippen LogP contribution in [0.1, 0.15) is 20.8 Å². The molecule has 5 nitrogen and oxygen atoms in total. The van der Waals surface area contributed by atoms with Crippen molar-refractivity contribution in [1.29, 1.82) is 0 Å². The minimum absolute atomic E-state index is 0.178. The zero-order valence-corrected chi connectivity index (χ0v) is 12.7. The van der Waals surface area contributed by atoms with Crippen LogP contribution in [0.25, 0.3) is 0 Å². The van der Waals surface area contributed by atoms with Crippen molar-refractivity contribution in [1.82, 2.24) is 4.90 Å². The van der Waals surface area contributed by atoms with Gasteiger partial charge in [0.1, 0.15) is 11.5 Å². The average Bonchev–Trinajstić information content (AvgIpc) is 2.36. The molecule has 1 unspecified atom stereocenters. The number of nitrogens with zero attached hydrogens (tertiary/aromatic N) is 1. The molecule has 0 aliphatic carbocycles. The number of ether oxygens (including phenoxy) is 2. The molecular weight excluding hydrogens is 258 g/mol. The molecule has 0 saturated heterocycles. The largest absolute Gasteiger partial charge is 0.497 e. The maximum atomic E-state index is 12.1. The fourth-order valence-corrected chi connectivity index (χ4v) is 1.88. The Morgan fingerprint density at radius 3 is 2.25 bits per heavy atom. The number of aliphatic hydroxyl groups is 1. The highest BCUT2D eigenvalue weighted by molar-refractivity contribution is 5.80. The van der Waals surface area contributed by atoms with Gasteiger partial charge in [-0.15, -0.1) is 0 Å². The van der Waals surface area contributed by atoms with Crippen molar-refractivity contribution in [2.45, 2.75) is 32.5 Å². The maximum absolute atomic E-state index is 12.1. The summed E-state index contributed by atoms with van der Waals surface area (Å²) in [5, 5.41) is 9.72. The molecule has 0 aliphatic rings. The third-order valence-corrected chi connectivity index (χ3v) is 2.72. The van der Waals surface area contributed by atoms with Crippen LogP contribution >= 0.6 is 0 Å². The second-order valence-corrected chi connectivity index (χ2v) is 5.44. The molecule has 0 aromatic heterocycles. The SMILES string of the molecule is COc1ccc(OC(C)C(=O)N(C)CC(C)(C)O)cc1. The monoisotopic (exact) mass is 281 g/mol. The molecule has 0 fully saturated rings. The Bertz CT molecular complexity index is 436. The van der Waals surface area contributed by atoms with Gasteiger partial charge in [-0.2, -0.15) is 0 Å². The lowest BCUT2D eigenvalue weighted by Crippen LogP contribution is -2.44. The fourth-order valence-electron chi connectivity index (χ4n) is 1.88. The van der Waals surface area contributed by atoms with E-state index in [1.54, 1.807) is 59.2 Å². The summed E-state index contributed by atoms with van der Waals surface area (Å²) in [7, 11) is 3.24. The number of benzene rings is 1. The summed E-state index contributed by atoms with van der Waals surface area (Å²) in [6.45, 7) is 5.26. The van der Waals surface area contributed by atoms with E-state index < -0.39 is 11.7 Å². The van der Waals surface area contributed by atoms with E-state index >= 15 is 0 Å². The number of amides is 1. The van der Waals surface area contributed by atoms with Crippen LogP contribution in [0.2, 0.25) is 0 Å². The first kappa shape index (κ1) is 16.3. The molecule has 112 valence electrons. The molecule has 0 aliphatic heterocycles. The Balaban J connectivity index is 2.60. The summed E-state index contributed by atoms with van der Waals surface area (Å²) in [6.07, 6.45) is -0.615. The molecule has 1 aromatic carbocycles. The van der Waals surface area contributed by atoms with Crippen LogP contribution in [-0.4, -0.2) is 48.3 Å². The number of methoxy groups -OCH3 is 1. The number of rotatable bonds is 6. The van der Waals surface area contributed by atoms with Gasteiger partial charge in [-0.1, -0.05) is 0 Å². The van der Waals surface area contributed by atoms with Gasteiger partial charge in [0.05, 0.1) is 12.7 Å². The van der Waals surface area contributed by atoms with Gasteiger partial charge >= 0.3 is 0 Å². The summed E-state index contributed by atoms with van der Waals surface area (Å²) >= 11 is 0. The second-order valence-electron chi connectivity index (χ2n) is 5.44. The minimum atomic E-state index is -0.926. The fraction of sp³-hybridized carbons (Fsp3) is 0.533. The van der Waals surface area contributed by atoms with E-state index in [1.165, 1.54) is 4.90 Å². The van der Waals surface area contributed by atoms with E-state index in [-0.39, 0.29) is 12.5 Å². The zero-order chi connectivity index (χ0) is 15.3. The standard InChI is InChI=1S/C15H23NO4/c1-11(14(17)16(4)10-15(2,3)18)20-13-8-6-12(19-5)7-9-13/h6-9,11,18H,10H2,1-5H3. The molecule has 1 aromatic rings. The molecule has 0 spiro atoms. The van der Waals surface area contributed by atoms with Gasteiger partial charge in [0.15, 0.2) is 6.10 Å². The lowest BCUT2D eigenvalue weighted by atomic mass is 10.1. The molecule has 20 heavy (non-hydrogen) atoms. The van der Waals surface area contributed by atoms with E-state index in [2.05, 4.69) is 0 Å². The van der Waals surface area contributed by atoms with Crippen LogP contribution in [0, 0.1) is 0 Å². The molecule has 1 N–H and O–H groups in total. The highest BCUT2D eigenvalue weighted by Crippen LogP contribution is 2.18. The van der Waals surface area contributed by atoms with Crippen molar-refractivity contribution in [2.75, 3.05) is 20.7 Å². The first-order chi connectivity index (χ1) is 9.23. The molecule has 0 heterocycles. The minimum Gasteiger partial charge on any atom is -0.497 e. The molecule has 0 saturated carbocycles.